The Hall–Kier alpha value is -2.25. The van der Waals surface area contributed by atoms with E-state index in [0.29, 0.717) is 25.1 Å². The van der Waals surface area contributed by atoms with Gasteiger partial charge in [-0.1, -0.05) is 48.4 Å². The van der Waals surface area contributed by atoms with Gasteiger partial charge in [0.1, 0.15) is 11.8 Å². The minimum atomic E-state index is 0.0341. The predicted octanol–water partition coefficient (Wildman–Crippen LogP) is 3.21. The highest BCUT2D eigenvalue weighted by Gasteiger charge is 2.27. The first kappa shape index (κ1) is 20.6. The Morgan fingerprint density at radius 3 is 2.65 bits per heavy atom. The van der Waals surface area contributed by atoms with Gasteiger partial charge in [-0.2, -0.15) is 0 Å². The molecular formula is C24H33N5O2. The van der Waals surface area contributed by atoms with E-state index in [1.54, 1.807) is 0 Å². The van der Waals surface area contributed by atoms with Crippen molar-refractivity contribution in [1.29, 1.82) is 0 Å². The quantitative estimate of drug-likeness (QED) is 0.772. The molecule has 0 bridgehead atoms. The van der Waals surface area contributed by atoms with Crippen LogP contribution in [0, 0.1) is 5.92 Å². The monoisotopic (exact) mass is 423 g/mol. The van der Waals surface area contributed by atoms with Crippen LogP contribution in [-0.2, 0) is 29.2 Å². The zero-order valence-electron chi connectivity index (χ0n) is 18.2. The molecule has 2 fully saturated rings. The Balaban J connectivity index is 1.10. The lowest BCUT2D eigenvalue weighted by Gasteiger charge is -2.32. The van der Waals surface area contributed by atoms with Crippen molar-refractivity contribution in [1.82, 2.24) is 25.2 Å². The number of piperidine rings is 1. The number of aromatic nitrogens is 3. The van der Waals surface area contributed by atoms with Gasteiger partial charge >= 0.3 is 0 Å². The van der Waals surface area contributed by atoms with Crippen molar-refractivity contribution >= 4 is 5.91 Å². The van der Waals surface area contributed by atoms with Gasteiger partial charge in [-0.3, -0.25) is 9.69 Å². The molecule has 2 aliphatic heterocycles. The first-order valence-electron chi connectivity index (χ1n) is 11.8. The Morgan fingerprint density at radius 1 is 1.10 bits per heavy atom. The molecule has 0 radical (unpaired) electrons. The SMILES string of the molecule is O=C(CC1CCCC1)NC1CCN(Cc2nnn3c2CO[C@@H](c2ccccc2)C3)CC1. The maximum absolute atomic E-state index is 12.3. The second kappa shape index (κ2) is 9.49. The predicted molar refractivity (Wildman–Crippen MR) is 117 cm³/mol. The smallest absolute Gasteiger partial charge is 0.220 e. The molecule has 7 heteroatoms. The second-order valence-electron chi connectivity index (χ2n) is 9.35. The first-order chi connectivity index (χ1) is 15.2. The molecule has 31 heavy (non-hydrogen) atoms. The summed E-state index contributed by atoms with van der Waals surface area (Å²) in [5.74, 6) is 0.867. The molecule has 1 saturated carbocycles. The van der Waals surface area contributed by atoms with Gasteiger partial charge in [-0.25, -0.2) is 4.68 Å². The topological polar surface area (TPSA) is 72.3 Å². The number of benzene rings is 1. The van der Waals surface area contributed by atoms with E-state index < -0.39 is 0 Å². The first-order valence-corrected chi connectivity index (χ1v) is 11.8. The standard InChI is InChI=1S/C24H33N5O2/c30-24(14-18-6-4-5-7-18)25-20-10-12-28(13-11-20)15-21-22-17-31-23(16-29(22)27-26-21)19-8-2-1-3-9-19/h1-3,8-9,18,20,23H,4-7,10-17H2,(H,25,30)/t23-/m1/s1. The van der Waals surface area contributed by atoms with Gasteiger partial charge in [-0.15, -0.1) is 5.10 Å². The minimum Gasteiger partial charge on any atom is -0.365 e. The summed E-state index contributed by atoms with van der Waals surface area (Å²) in [6, 6.07) is 10.6. The van der Waals surface area contributed by atoms with Crippen LogP contribution < -0.4 is 5.32 Å². The zero-order chi connectivity index (χ0) is 21.0. The third kappa shape index (κ3) is 4.99. The van der Waals surface area contributed by atoms with E-state index >= 15 is 0 Å². The number of carbonyl (C=O) groups is 1. The van der Waals surface area contributed by atoms with Crippen molar-refractivity contribution in [2.75, 3.05) is 13.1 Å². The Bertz CT molecular complexity index is 869. The number of nitrogens with one attached hydrogen (secondary N) is 1. The van der Waals surface area contributed by atoms with Crippen molar-refractivity contribution in [2.24, 2.45) is 5.92 Å². The lowest BCUT2D eigenvalue weighted by Crippen LogP contribution is -2.44. The molecular weight excluding hydrogens is 390 g/mol. The molecule has 0 spiro atoms. The number of nitrogens with zero attached hydrogens (tertiary/aromatic N) is 4. The molecule has 1 aliphatic carbocycles. The number of hydrogen-bond donors (Lipinski definition) is 1. The zero-order valence-corrected chi connectivity index (χ0v) is 18.2. The highest BCUT2D eigenvalue weighted by Crippen LogP contribution is 2.28. The summed E-state index contributed by atoms with van der Waals surface area (Å²) >= 11 is 0. The molecule has 1 amide bonds. The summed E-state index contributed by atoms with van der Waals surface area (Å²) in [6.07, 6.45) is 7.80. The van der Waals surface area contributed by atoms with Crippen LogP contribution in [0.2, 0.25) is 0 Å². The molecule has 1 atom stereocenters. The molecule has 5 rings (SSSR count). The normalized spacial score (nSPS) is 23.0. The van der Waals surface area contributed by atoms with Crippen molar-refractivity contribution in [3.05, 3.63) is 47.3 Å². The molecule has 1 aromatic carbocycles. The van der Waals surface area contributed by atoms with Crippen LogP contribution in [-0.4, -0.2) is 44.9 Å². The number of likely N-dealkylation sites (tertiary alicyclic amines) is 1. The number of ether oxygens (including phenoxy) is 1. The average molecular weight is 424 g/mol. The van der Waals surface area contributed by atoms with Crippen molar-refractivity contribution in [3.63, 3.8) is 0 Å². The van der Waals surface area contributed by atoms with E-state index in [9.17, 15) is 4.79 Å². The van der Waals surface area contributed by atoms with Crippen LogP contribution in [0.15, 0.2) is 30.3 Å². The third-order valence-electron chi connectivity index (χ3n) is 7.12. The van der Waals surface area contributed by atoms with E-state index in [1.165, 1.54) is 31.2 Å². The highest BCUT2D eigenvalue weighted by atomic mass is 16.5. The number of rotatable bonds is 6. The molecule has 166 valence electrons. The Kier molecular flexibility index (Phi) is 6.32. The van der Waals surface area contributed by atoms with Crippen LogP contribution in [0.25, 0.3) is 0 Å². The minimum absolute atomic E-state index is 0.0341. The van der Waals surface area contributed by atoms with E-state index in [1.807, 2.05) is 22.9 Å². The number of hydrogen-bond acceptors (Lipinski definition) is 5. The number of carbonyl (C=O) groups excluding carboxylic acids is 1. The van der Waals surface area contributed by atoms with E-state index in [2.05, 4.69) is 32.7 Å². The van der Waals surface area contributed by atoms with Gasteiger partial charge in [0.15, 0.2) is 0 Å². The van der Waals surface area contributed by atoms with Crippen LogP contribution in [0.3, 0.4) is 0 Å². The fourth-order valence-corrected chi connectivity index (χ4v) is 5.27. The van der Waals surface area contributed by atoms with Crippen LogP contribution in [0.4, 0.5) is 0 Å². The molecule has 7 nitrogen and oxygen atoms in total. The Morgan fingerprint density at radius 2 is 1.87 bits per heavy atom. The number of fused-ring (bicyclic) bond motifs is 1. The largest absolute Gasteiger partial charge is 0.365 e. The lowest BCUT2D eigenvalue weighted by atomic mass is 10.0. The summed E-state index contributed by atoms with van der Waals surface area (Å²) in [5.41, 5.74) is 3.30. The third-order valence-corrected chi connectivity index (χ3v) is 7.12. The van der Waals surface area contributed by atoms with Crippen LogP contribution in [0.5, 0.6) is 0 Å². The van der Waals surface area contributed by atoms with E-state index in [-0.39, 0.29) is 12.0 Å². The molecule has 1 N–H and O–H groups in total. The van der Waals surface area contributed by atoms with Gasteiger partial charge in [0.2, 0.25) is 5.91 Å². The summed E-state index contributed by atoms with van der Waals surface area (Å²) in [7, 11) is 0. The maximum atomic E-state index is 12.3. The summed E-state index contributed by atoms with van der Waals surface area (Å²) in [6.45, 7) is 4.02. The molecule has 3 heterocycles. The van der Waals surface area contributed by atoms with Crippen molar-refractivity contribution in [2.45, 2.75) is 76.8 Å². The van der Waals surface area contributed by atoms with Gasteiger partial charge in [0.25, 0.3) is 0 Å². The summed E-state index contributed by atoms with van der Waals surface area (Å²) in [5, 5.41) is 12.1. The van der Waals surface area contributed by atoms with Crippen LogP contribution in [0.1, 0.15) is 68.0 Å². The fraction of sp³-hybridized carbons (Fsp3) is 0.625. The van der Waals surface area contributed by atoms with Gasteiger partial charge < -0.3 is 10.1 Å². The number of amides is 1. The average Bonchev–Trinajstić information content (AvgIpc) is 3.45. The fourth-order valence-electron chi connectivity index (χ4n) is 5.27. The Labute approximate surface area is 184 Å². The molecule has 1 aromatic heterocycles. The molecule has 1 saturated heterocycles. The molecule has 2 aromatic rings. The maximum Gasteiger partial charge on any atom is 0.220 e. The van der Waals surface area contributed by atoms with E-state index in [4.69, 9.17) is 4.74 Å². The molecule has 3 aliphatic rings. The van der Waals surface area contributed by atoms with Crippen LogP contribution >= 0.6 is 0 Å². The second-order valence-corrected chi connectivity index (χ2v) is 9.35. The van der Waals surface area contributed by atoms with Gasteiger partial charge in [0.05, 0.1) is 18.8 Å². The van der Waals surface area contributed by atoms with Crippen molar-refractivity contribution < 1.29 is 9.53 Å². The van der Waals surface area contributed by atoms with Gasteiger partial charge in [0, 0.05) is 32.1 Å². The van der Waals surface area contributed by atoms with Crippen molar-refractivity contribution in [3.8, 4) is 0 Å². The lowest BCUT2D eigenvalue weighted by molar-refractivity contribution is -0.123. The summed E-state index contributed by atoms with van der Waals surface area (Å²) in [4.78, 5) is 14.8. The van der Waals surface area contributed by atoms with E-state index in [0.717, 1.165) is 50.3 Å². The van der Waals surface area contributed by atoms with Gasteiger partial charge in [-0.05, 0) is 37.2 Å². The summed E-state index contributed by atoms with van der Waals surface area (Å²) < 4.78 is 8.13. The molecule has 0 unspecified atom stereocenters. The highest BCUT2D eigenvalue weighted by molar-refractivity contribution is 5.76.